The summed E-state index contributed by atoms with van der Waals surface area (Å²) in [5.74, 6) is 0.682. The van der Waals surface area contributed by atoms with Crippen molar-refractivity contribution in [1.82, 2.24) is 5.32 Å². The predicted molar refractivity (Wildman–Crippen MR) is 68.7 cm³/mol. The zero-order chi connectivity index (χ0) is 12.1. The van der Waals surface area contributed by atoms with Crippen molar-refractivity contribution in [3.05, 3.63) is 30.3 Å². The lowest BCUT2D eigenvalue weighted by Gasteiger charge is -2.25. The molecule has 17 heavy (non-hydrogen) atoms. The van der Waals surface area contributed by atoms with Gasteiger partial charge < -0.3 is 5.32 Å². The number of thioether (sulfide) groups is 1. The monoisotopic (exact) mass is 249 g/mol. The van der Waals surface area contributed by atoms with Gasteiger partial charge in [0.05, 0.1) is 10.9 Å². The maximum Gasteiger partial charge on any atom is 0.324 e. The summed E-state index contributed by atoms with van der Waals surface area (Å²) in [6.07, 6.45) is 1.71. The van der Waals surface area contributed by atoms with Gasteiger partial charge in [-0.2, -0.15) is 0 Å². The molecule has 1 N–H and O–H groups in total. The molecule has 1 unspecified atom stereocenters. The van der Waals surface area contributed by atoms with Crippen LogP contribution in [0.4, 0.5) is 5.69 Å². The molecule has 1 saturated heterocycles. The number of carbonyl (C=O) groups is 1. The van der Waals surface area contributed by atoms with E-state index in [1.807, 2.05) is 6.07 Å². The summed E-state index contributed by atoms with van der Waals surface area (Å²) in [7, 11) is 0. The summed E-state index contributed by atoms with van der Waals surface area (Å²) >= 11 is 1.58. The Bertz CT molecular complexity index is 391. The highest BCUT2D eigenvalue weighted by atomic mass is 32.2. The second-order valence-electron chi connectivity index (χ2n) is 3.66. The highest BCUT2D eigenvalue weighted by Gasteiger charge is 2.27. The lowest BCUT2D eigenvalue weighted by molar-refractivity contribution is -0.117. The molecule has 0 spiro atoms. The third-order valence-corrected chi connectivity index (χ3v) is 3.74. The Labute approximate surface area is 104 Å². The van der Waals surface area contributed by atoms with Crippen LogP contribution in [0, 0.1) is 0 Å². The SMILES string of the molecule is O=[C]N(C(=O)C1CNCCS1)c1ccccc1. The molecule has 0 aromatic heterocycles. The van der Waals surface area contributed by atoms with Crippen molar-refractivity contribution in [1.29, 1.82) is 0 Å². The molecule has 1 aromatic rings. The first-order valence-corrected chi connectivity index (χ1v) is 6.47. The van der Waals surface area contributed by atoms with Crippen LogP contribution in [-0.4, -0.2) is 36.4 Å². The van der Waals surface area contributed by atoms with Gasteiger partial charge in [0.15, 0.2) is 0 Å². The van der Waals surface area contributed by atoms with E-state index in [1.165, 1.54) is 0 Å². The van der Waals surface area contributed by atoms with Gasteiger partial charge in [-0.15, -0.1) is 11.8 Å². The number of rotatable bonds is 3. The number of amides is 2. The van der Waals surface area contributed by atoms with Gasteiger partial charge in [0.1, 0.15) is 0 Å². The van der Waals surface area contributed by atoms with Crippen LogP contribution in [0.5, 0.6) is 0 Å². The minimum absolute atomic E-state index is 0.203. The van der Waals surface area contributed by atoms with Gasteiger partial charge in [0.25, 0.3) is 0 Å². The van der Waals surface area contributed by atoms with E-state index in [1.54, 1.807) is 42.4 Å². The molecule has 0 saturated carbocycles. The largest absolute Gasteiger partial charge is 0.324 e. The van der Waals surface area contributed by atoms with Crippen molar-refractivity contribution in [2.24, 2.45) is 0 Å². The van der Waals surface area contributed by atoms with Gasteiger partial charge >= 0.3 is 6.41 Å². The van der Waals surface area contributed by atoms with Crippen molar-refractivity contribution < 1.29 is 9.59 Å². The second-order valence-corrected chi connectivity index (χ2v) is 4.97. The molecular weight excluding hydrogens is 236 g/mol. The van der Waals surface area contributed by atoms with Gasteiger partial charge in [-0.1, -0.05) is 18.2 Å². The highest BCUT2D eigenvalue weighted by Crippen LogP contribution is 2.19. The first-order chi connectivity index (χ1) is 8.33. The summed E-state index contributed by atoms with van der Waals surface area (Å²) in [5.41, 5.74) is 0.568. The molecule has 1 fully saturated rings. The molecule has 1 heterocycles. The topological polar surface area (TPSA) is 49.4 Å². The standard InChI is InChI=1S/C12H13N2O2S/c15-9-14(10-4-2-1-3-5-10)12(16)11-8-13-6-7-17-11/h1-5,11,13H,6-8H2. The molecule has 0 bridgehead atoms. The zero-order valence-electron chi connectivity index (χ0n) is 9.26. The Kier molecular flexibility index (Phi) is 4.17. The summed E-state index contributed by atoms with van der Waals surface area (Å²) in [5, 5.41) is 2.94. The van der Waals surface area contributed by atoms with Crippen molar-refractivity contribution in [3.8, 4) is 0 Å². The van der Waals surface area contributed by atoms with E-state index >= 15 is 0 Å². The number of imide groups is 1. The van der Waals surface area contributed by atoms with Crippen LogP contribution in [0.1, 0.15) is 0 Å². The molecule has 2 rings (SSSR count). The van der Waals surface area contributed by atoms with E-state index in [0.29, 0.717) is 12.2 Å². The smallest absolute Gasteiger partial charge is 0.314 e. The average Bonchev–Trinajstić information content (AvgIpc) is 2.42. The molecule has 1 atom stereocenters. The van der Waals surface area contributed by atoms with Crippen LogP contribution in [0.3, 0.4) is 0 Å². The molecular formula is C12H13N2O2S. The quantitative estimate of drug-likeness (QED) is 0.805. The number of nitrogens with zero attached hydrogens (tertiary/aromatic N) is 1. The van der Waals surface area contributed by atoms with E-state index in [-0.39, 0.29) is 11.2 Å². The first kappa shape index (κ1) is 12.1. The van der Waals surface area contributed by atoms with E-state index in [4.69, 9.17) is 0 Å². The molecule has 1 aliphatic rings. The maximum atomic E-state index is 12.1. The number of carbonyl (C=O) groups excluding carboxylic acids is 2. The van der Waals surface area contributed by atoms with E-state index in [9.17, 15) is 9.59 Å². The molecule has 1 radical (unpaired) electrons. The molecule has 4 nitrogen and oxygen atoms in total. The lowest BCUT2D eigenvalue weighted by atomic mass is 10.2. The summed E-state index contributed by atoms with van der Waals surface area (Å²) in [6.45, 7) is 1.51. The second kappa shape index (κ2) is 5.84. The Morgan fingerprint density at radius 3 is 2.76 bits per heavy atom. The Morgan fingerprint density at radius 1 is 1.41 bits per heavy atom. The van der Waals surface area contributed by atoms with E-state index < -0.39 is 0 Å². The van der Waals surface area contributed by atoms with Crippen LogP contribution < -0.4 is 10.2 Å². The van der Waals surface area contributed by atoms with Crippen LogP contribution in [0.2, 0.25) is 0 Å². The summed E-state index contributed by atoms with van der Waals surface area (Å²) in [4.78, 5) is 24.1. The van der Waals surface area contributed by atoms with Crippen LogP contribution in [-0.2, 0) is 9.59 Å². The minimum Gasteiger partial charge on any atom is -0.314 e. The zero-order valence-corrected chi connectivity index (χ0v) is 10.1. The van der Waals surface area contributed by atoms with Gasteiger partial charge in [-0.25, -0.2) is 4.90 Å². The number of hydrogen-bond donors (Lipinski definition) is 1. The van der Waals surface area contributed by atoms with E-state index in [2.05, 4.69) is 5.32 Å². The van der Waals surface area contributed by atoms with Crippen molar-refractivity contribution in [3.63, 3.8) is 0 Å². The molecule has 5 heteroatoms. The number of anilines is 1. The van der Waals surface area contributed by atoms with Crippen molar-refractivity contribution in [2.45, 2.75) is 5.25 Å². The number of hydrogen-bond acceptors (Lipinski definition) is 4. The molecule has 2 amide bonds. The fourth-order valence-corrected chi connectivity index (χ4v) is 2.70. The first-order valence-electron chi connectivity index (χ1n) is 5.42. The maximum absolute atomic E-state index is 12.1. The van der Waals surface area contributed by atoms with Gasteiger partial charge in [0.2, 0.25) is 5.91 Å². The third kappa shape index (κ3) is 2.87. The van der Waals surface area contributed by atoms with E-state index in [0.717, 1.165) is 17.2 Å². The Hall–Kier alpha value is -1.33. The fourth-order valence-electron chi connectivity index (χ4n) is 1.67. The molecule has 1 aromatic carbocycles. The normalized spacial score (nSPS) is 19.6. The van der Waals surface area contributed by atoms with Crippen LogP contribution in [0.15, 0.2) is 30.3 Å². The number of para-hydroxylation sites is 1. The van der Waals surface area contributed by atoms with Gasteiger partial charge in [-0.05, 0) is 12.1 Å². The Balaban J connectivity index is 2.12. The Morgan fingerprint density at radius 2 is 2.18 bits per heavy atom. The number of benzene rings is 1. The number of nitrogens with one attached hydrogen (secondary N) is 1. The van der Waals surface area contributed by atoms with Gasteiger partial charge in [-0.3, -0.25) is 9.59 Å². The summed E-state index contributed by atoms with van der Waals surface area (Å²) in [6, 6.07) is 8.87. The minimum atomic E-state index is -0.205. The predicted octanol–water partition coefficient (Wildman–Crippen LogP) is 0.792. The highest BCUT2D eigenvalue weighted by molar-refractivity contribution is 8.00. The summed E-state index contributed by atoms with van der Waals surface area (Å²) < 4.78 is 0. The van der Waals surface area contributed by atoms with Crippen LogP contribution in [0.25, 0.3) is 0 Å². The lowest BCUT2D eigenvalue weighted by Crippen LogP contribution is -2.45. The molecule has 0 aliphatic carbocycles. The van der Waals surface area contributed by atoms with Crippen LogP contribution >= 0.6 is 11.8 Å². The van der Waals surface area contributed by atoms with Crippen molar-refractivity contribution >= 4 is 29.8 Å². The van der Waals surface area contributed by atoms with Crippen molar-refractivity contribution in [2.75, 3.05) is 23.7 Å². The van der Waals surface area contributed by atoms with Gasteiger partial charge in [0, 0.05) is 18.8 Å². The molecule has 1 aliphatic heterocycles. The molecule has 89 valence electrons. The third-order valence-electron chi connectivity index (χ3n) is 2.53. The fraction of sp³-hybridized carbons (Fsp3) is 0.333. The average molecular weight is 249 g/mol.